The van der Waals surface area contributed by atoms with E-state index in [0.717, 1.165) is 37.2 Å². The maximum Gasteiger partial charge on any atom is 0.312 e. The first kappa shape index (κ1) is 20.9. The van der Waals surface area contributed by atoms with E-state index in [1.54, 1.807) is 0 Å². The molecule has 1 atom stereocenters. The average molecular weight is 396 g/mol. The summed E-state index contributed by atoms with van der Waals surface area (Å²) in [4.78, 5) is 28.5. The summed E-state index contributed by atoms with van der Waals surface area (Å²) in [5, 5.41) is 9.69. The molecule has 0 aromatic heterocycles. The third kappa shape index (κ3) is 5.15. The number of carboxylic acids is 1. The largest absolute Gasteiger partial charge is 0.481 e. The van der Waals surface area contributed by atoms with Gasteiger partial charge in [-0.3, -0.25) is 9.59 Å². The lowest BCUT2D eigenvalue weighted by Crippen LogP contribution is -2.48. The third-order valence-corrected chi connectivity index (χ3v) is 5.58. The minimum atomic E-state index is -0.805. The number of benzene rings is 2. The van der Waals surface area contributed by atoms with Gasteiger partial charge in [0.25, 0.3) is 0 Å². The second kappa shape index (κ2) is 9.56. The van der Waals surface area contributed by atoms with Crippen LogP contribution in [0.3, 0.4) is 0 Å². The molecule has 1 aliphatic rings. The van der Waals surface area contributed by atoms with Crippen LogP contribution in [0.5, 0.6) is 0 Å². The predicted molar refractivity (Wildman–Crippen MR) is 115 cm³/mol. The van der Waals surface area contributed by atoms with Gasteiger partial charge in [-0.25, -0.2) is 0 Å². The normalized spacial score (nSPS) is 16.3. The molecule has 1 heterocycles. The van der Waals surface area contributed by atoms with Crippen molar-refractivity contribution in [2.75, 3.05) is 30.3 Å². The first-order valence-electron chi connectivity index (χ1n) is 10.2. The fourth-order valence-corrected chi connectivity index (χ4v) is 4.03. The first-order valence-corrected chi connectivity index (χ1v) is 10.2. The Balaban J connectivity index is 1.68. The van der Waals surface area contributed by atoms with E-state index in [1.165, 1.54) is 0 Å². The van der Waals surface area contributed by atoms with E-state index >= 15 is 0 Å². The lowest BCUT2D eigenvalue weighted by molar-refractivity contribution is -0.139. The maximum atomic E-state index is 12.7. The molecule has 0 aliphatic carbocycles. The fourth-order valence-electron chi connectivity index (χ4n) is 4.03. The molecule has 29 heavy (non-hydrogen) atoms. The molecule has 1 aliphatic heterocycles. The average Bonchev–Trinajstić information content (AvgIpc) is 2.73. The van der Waals surface area contributed by atoms with E-state index in [1.807, 2.05) is 66.4 Å². The minimum absolute atomic E-state index is 0.0850. The lowest BCUT2D eigenvalue weighted by atomic mass is 9.96. The molecule has 1 unspecified atom stereocenters. The van der Waals surface area contributed by atoms with Crippen LogP contribution in [0.1, 0.15) is 37.7 Å². The molecule has 2 aromatic rings. The number of carbonyl (C=O) groups excluding carboxylic acids is 1. The molecule has 0 spiro atoms. The van der Waals surface area contributed by atoms with Crippen LogP contribution in [0.15, 0.2) is 54.6 Å². The number of hydrogen-bond acceptors (Lipinski definition) is 4. The van der Waals surface area contributed by atoms with Gasteiger partial charge in [0.15, 0.2) is 0 Å². The molecule has 6 heteroatoms. The Labute approximate surface area is 171 Å². The lowest BCUT2D eigenvalue weighted by Gasteiger charge is -2.39. The Morgan fingerprint density at radius 1 is 1.14 bits per heavy atom. The van der Waals surface area contributed by atoms with Gasteiger partial charge in [0.2, 0.25) is 5.91 Å². The van der Waals surface area contributed by atoms with Gasteiger partial charge in [-0.2, -0.15) is 0 Å². The number of nitrogens with zero attached hydrogens (tertiary/aromatic N) is 2. The monoisotopic (exact) mass is 395 g/mol. The number of aliphatic carboxylic acids is 1. The Kier molecular flexibility index (Phi) is 6.88. The zero-order valence-corrected chi connectivity index (χ0v) is 16.8. The van der Waals surface area contributed by atoms with Gasteiger partial charge in [-0.1, -0.05) is 43.3 Å². The van der Waals surface area contributed by atoms with E-state index in [0.29, 0.717) is 18.7 Å². The maximum absolute atomic E-state index is 12.7. The van der Waals surface area contributed by atoms with Crippen LogP contribution in [-0.4, -0.2) is 47.6 Å². The number of carbonyl (C=O) groups is 2. The number of nitrogens with two attached hydrogens (primary N) is 1. The Morgan fingerprint density at radius 3 is 2.41 bits per heavy atom. The molecule has 6 nitrogen and oxygen atoms in total. The predicted octanol–water partition coefficient (Wildman–Crippen LogP) is 3.34. The van der Waals surface area contributed by atoms with Gasteiger partial charge in [0.05, 0.1) is 5.92 Å². The van der Waals surface area contributed by atoms with E-state index in [4.69, 9.17) is 5.73 Å². The number of nitrogen functional groups attached to an aromatic ring is 1. The number of carboxylic acid groups (broad SMARTS) is 1. The summed E-state index contributed by atoms with van der Waals surface area (Å²) in [6, 6.07) is 16.9. The second-order valence-corrected chi connectivity index (χ2v) is 7.55. The SMILES string of the molecule is CCC(=O)N(c1cccc(N)c1)C1CCN(CC(C(=O)O)c2ccccc2)CC1. The van der Waals surface area contributed by atoms with Crippen molar-refractivity contribution in [3.8, 4) is 0 Å². The van der Waals surface area contributed by atoms with Crippen molar-refractivity contribution in [1.29, 1.82) is 0 Å². The Morgan fingerprint density at radius 2 is 1.83 bits per heavy atom. The molecule has 3 N–H and O–H groups in total. The van der Waals surface area contributed by atoms with Crippen LogP contribution in [0.25, 0.3) is 0 Å². The zero-order valence-electron chi connectivity index (χ0n) is 16.8. The number of hydrogen-bond donors (Lipinski definition) is 2. The minimum Gasteiger partial charge on any atom is -0.481 e. The molecule has 0 radical (unpaired) electrons. The van der Waals surface area contributed by atoms with Crippen molar-refractivity contribution in [3.63, 3.8) is 0 Å². The van der Waals surface area contributed by atoms with E-state index in [2.05, 4.69) is 4.90 Å². The molecule has 1 saturated heterocycles. The summed E-state index contributed by atoms with van der Waals surface area (Å²) in [6.07, 6.45) is 2.05. The first-order chi connectivity index (χ1) is 14.0. The van der Waals surface area contributed by atoms with E-state index in [9.17, 15) is 14.7 Å². The van der Waals surface area contributed by atoms with Gasteiger partial charge >= 0.3 is 5.97 Å². The van der Waals surface area contributed by atoms with Gasteiger partial charge < -0.3 is 20.6 Å². The van der Waals surface area contributed by atoms with E-state index in [-0.39, 0.29) is 11.9 Å². The Bertz CT molecular complexity index is 832. The number of amides is 1. The molecule has 154 valence electrons. The van der Waals surface area contributed by atoms with Crippen LogP contribution in [0.4, 0.5) is 11.4 Å². The van der Waals surface area contributed by atoms with Gasteiger partial charge in [-0.15, -0.1) is 0 Å². The quantitative estimate of drug-likeness (QED) is 0.702. The number of anilines is 2. The van der Waals surface area contributed by atoms with Crippen molar-refractivity contribution < 1.29 is 14.7 Å². The summed E-state index contributed by atoms with van der Waals surface area (Å²) in [5.41, 5.74) is 8.23. The molecule has 0 saturated carbocycles. The van der Waals surface area contributed by atoms with Crippen molar-refractivity contribution in [2.24, 2.45) is 0 Å². The summed E-state index contributed by atoms with van der Waals surface area (Å²) >= 11 is 0. The Hall–Kier alpha value is -2.86. The molecule has 2 aromatic carbocycles. The molecular weight excluding hydrogens is 366 g/mol. The standard InChI is InChI=1S/C23H29N3O3/c1-2-22(27)26(20-10-6-9-18(24)15-20)19-11-13-25(14-12-19)16-21(23(28)29)17-7-4-3-5-8-17/h3-10,15,19,21H,2,11-14,16,24H2,1H3,(H,28,29). The van der Waals surface area contributed by atoms with Gasteiger partial charge in [0, 0.05) is 43.5 Å². The highest BCUT2D eigenvalue weighted by Crippen LogP contribution is 2.27. The van der Waals surface area contributed by atoms with E-state index < -0.39 is 11.9 Å². The highest BCUT2D eigenvalue weighted by atomic mass is 16.4. The van der Waals surface area contributed by atoms with Crippen LogP contribution in [-0.2, 0) is 9.59 Å². The summed E-state index contributed by atoms with van der Waals surface area (Å²) in [7, 11) is 0. The van der Waals surface area contributed by atoms with Crippen LogP contribution < -0.4 is 10.6 Å². The number of likely N-dealkylation sites (tertiary alicyclic amines) is 1. The fraction of sp³-hybridized carbons (Fsp3) is 0.391. The second-order valence-electron chi connectivity index (χ2n) is 7.55. The molecule has 0 bridgehead atoms. The number of rotatable bonds is 7. The van der Waals surface area contributed by atoms with Crippen molar-refractivity contribution >= 4 is 23.3 Å². The number of piperidine rings is 1. The van der Waals surface area contributed by atoms with Gasteiger partial charge in [-0.05, 0) is 36.6 Å². The van der Waals surface area contributed by atoms with Gasteiger partial charge in [0.1, 0.15) is 0 Å². The van der Waals surface area contributed by atoms with Crippen LogP contribution >= 0.6 is 0 Å². The van der Waals surface area contributed by atoms with Crippen molar-refractivity contribution in [2.45, 2.75) is 38.1 Å². The van der Waals surface area contributed by atoms with Crippen LogP contribution in [0.2, 0.25) is 0 Å². The van der Waals surface area contributed by atoms with Crippen molar-refractivity contribution in [3.05, 3.63) is 60.2 Å². The third-order valence-electron chi connectivity index (χ3n) is 5.58. The highest BCUT2D eigenvalue weighted by molar-refractivity contribution is 5.94. The molecular formula is C23H29N3O3. The smallest absolute Gasteiger partial charge is 0.312 e. The molecule has 1 amide bonds. The highest BCUT2D eigenvalue weighted by Gasteiger charge is 2.31. The summed E-state index contributed by atoms with van der Waals surface area (Å²) in [6.45, 7) is 3.87. The zero-order chi connectivity index (χ0) is 20.8. The molecule has 1 fully saturated rings. The molecule has 3 rings (SSSR count). The topological polar surface area (TPSA) is 86.9 Å². The summed E-state index contributed by atoms with van der Waals surface area (Å²) < 4.78 is 0. The summed E-state index contributed by atoms with van der Waals surface area (Å²) in [5.74, 6) is -1.27. The van der Waals surface area contributed by atoms with Crippen molar-refractivity contribution in [1.82, 2.24) is 4.90 Å². The van der Waals surface area contributed by atoms with Crippen LogP contribution in [0, 0.1) is 0 Å².